The molecule has 2 aliphatic rings. The van der Waals surface area contributed by atoms with Crippen LogP contribution >= 0.6 is 0 Å². The van der Waals surface area contributed by atoms with Crippen LogP contribution in [0.5, 0.6) is 0 Å². The highest BCUT2D eigenvalue weighted by Crippen LogP contribution is 2.31. The summed E-state index contributed by atoms with van der Waals surface area (Å²) < 4.78 is 0. The number of hydrogen-bond donors (Lipinski definition) is 2. The van der Waals surface area contributed by atoms with Crippen LogP contribution in [0.3, 0.4) is 0 Å². The maximum absolute atomic E-state index is 12.5. The fourth-order valence-corrected chi connectivity index (χ4v) is 4.22. The molecule has 1 aliphatic carbocycles. The smallest absolute Gasteiger partial charge is 0.252 e. The Morgan fingerprint density at radius 1 is 1.32 bits per heavy atom. The molecule has 0 aromatic carbocycles. The molecule has 25 heavy (non-hydrogen) atoms. The number of aryl methyl sites for hydroxylation is 1. The van der Waals surface area contributed by atoms with Crippen LogP contribution in [0, 0.1) is 18.8 Å². The molecule has 0 bridgehead atoms. The summed E-state index contributed by atoms with van der Waals surface area (Å²) in [6.07, 6.45) is 7.62. The van der Waals surface area contributed by atoms with E-state index in [-0.39, 0.29) is 17.5 Å². The number of aromatic amines is 1. The molecule has 1 aromatic rings. The zero-order valence-electron chi connectivity index (χ0n) is 15.4. The molecule has 3 rings (SSSR count). The Kier molecular flexibility index (Phi) is 5.76. The average Bonchev–Trinajstić information content (AvgIpc) is 2.56. The molecule has 1 aromatic heterocycles. The van der Waals surface area contributed by atoms with Crippen molar-refractivity contribution in [1.82, 2.24) is 15.3 Å². The molecule has 0 radical (unpaired) electrons. The van der Waals surface area contributed by atoms with Gasteiger partial charge in [-0.25, -0.2) is 4.98 Å². The SMILES string of the molecule is Cc1cc(=O)[nH]c(N2CCCC(NC(=O)CC3CCCCC3C)C2)n1. The first-order chi connectivity index (χ1) is 12.0. The van der Waals surface area contributed by atoms with Gasteiger partial charge >= 0.3 is 0 Å². The van der Waals surface area contributed by atoms with Crippen molar-refractivity contribution in [3.05, 3.63) is 22.1 Å². The van der Waals surface area contributed by atoms with Gasteiger partial charge < -0.3 is 10.2 Å². The van der Waals surface area contributed by atoms with Gasteiger partial charge in [0, 0.05) is 37.3 Å². The van der Waals surface area contributed by atoms with Gasteiger partial charge in [-0.05, 0) is 38.0 Å². The van der Waals surface area contributed by atoms with E-state index in [1.807, 2.05) is 6.92 Å². The molecule has 2 heterocycles. The number of H-pyrrole nitrogens is 1. The Morgan fingerprint density at radius 3 is 2.88 bits per heavy atom. The van der Waals surface area contributed by atoms with Crippen LogP contribution in [-0.2, 0) is 4.79 Å². The molecule has 2 fully saturated rings. The molecule has 3 unspecified atom stereocenters. The van der Waals surface area contributed by atoms with E-state index in [0.717, 1.165) is 25.1 Å². The summed E-state index contributed by atoms with van der Waals surface area (Å²) in [7, 11) is 0. The molecular weight excluding hydrogens is 316 g/mol. The van der Waals surface area contributed by atoms with E-state index in [1.165, 1.54) is 31.7 Å². The van der Waals surface area contributed by atoms with Crippen LogP contribution in [0.2, 0.25) is 0 Å². The largest absolute Gasteiger partial charge is 0.352 e. The maximum Gasteiger partial charge on any atom is 0.252 e. The normalized spacial score (nSPS) is 27.1. The van der Waals surface area contributed by atoms with Crippen molar-refractivity contribution < 1.29 is 4.79 Å². The van der Waals surface area contributed by atoms with Crippen molar-refractivity contribution in [3.63, 3.8) is 0 Å². The van der Waals surface area contributed by atoms with Crippen LogP contribution in [0.15, 0.2) is 10.9 Å². The Hall–Kier alpha value is -1.85. The Morgan fingerprint density at radius 2 is 2.12 bits per heavy atom. The van der Waals surface area contributed by atoms with Crippen molar-refractivity contribution in [2.45, 2.75) is 64.8 Å². The zero-order chi connectivity index (χ0) is 17.8. The third-order valence-corrected chi connectivity index (χ3v) is 5.68. The molecule has 1 aliphatic heterocycles. The summed E-state index contributed by atoms with van der Waals surface area (Å²) in [6, 6.07) is 1.63. The summed E-state index contributed by atoms with van der Waals surface area (Å²) in [6.45, 7) is 5.67. The number of amides is 1. The highest BCUT2D eigenvalue weighted by Gasteiger charge is 2.27. The summed E-state index contributed by atoms with van der Waals surface area (Å²) in [5, 5.41) is 3.22. The van der Waals surface area contributed by atoms with Crippen molar-refractivity contribution in [3.8, 4) is 0 Å². The molecule has 6 heteroatoms. The Labute approximate surface area is 149 Å². The first-order valence-electron chi connectivity index (χ1n) is 9.63. The third kappa shape index (κ3) is 4.83. The lowest BCUT2D eigenvalue weighted by molar-refractivity contribution is -0.123. The van der Waals surface area contributed by atoms with E-state index >= 15 is 0 Å². The van der Waals surface area contributed by atoms with Crippen LogP contribution in [-0.4, -0.2) is 35.0 Å². The summed E-state index contributed by atoms with van der Waals surface area (Å²) in [4.78, 5) is 33.5. The second-order valence-electron chi connectivity index (χ2n) is 7.79. The number of nitrogens with one attached hydrogen (secondary N) is 2. The highest BCUT2D eigenvalue weighted by molar-refractivity contribution is 5.76. The number of nitrogens with zero attached hydrogens (tertiary/aromatic N) is 2. The second-order valence-corrected chi connectivity index (χ2v) is 7.79. The van der Waals surface area contributed by atoms with Gasteiger partial charge in [0.05, 0.1) is 0 Å². The maximum atomic E-state index is 12.5. The minimum absolute atomic E-state index is 0.125. The van der Waals surface area contributed by atoms with Crippen LogP contribution in [0.1, 0.15) is 57.6 Å². The highest BCUT2D eigenvalue weighted by atomic mass is 16.1. The van der Waals surface area contributed by atoms with E-state index in [2.05, 4.69) is 27.1 Å². The monoisotopic (exact) mass is 346 g/mol. The molecule has 1 amide bonds. The Balaban J connectivity index is 1.56. The molecular formula is C19H30N4O2. The van der Waals surface area contributed by atoms with Crippen LogP contribution in [0.25, 0.3) is 0 Å². The molecule has 138 valence electrons. The molecule has 0 spiro atoms. The van der Waals surface area contributed by atoms with Gasteiger partial charge in [0.1, 0.15) is 0 Å². The third-order valence-electron chi connectivity index (χ3n) is 5.68. The van der Waals surface area contributed by atoms with Crippen molar-refractivity contribution in [1.29, 1.82) is 0 Å². The van der Waals surface area contributed by atoms with Crippen LogP contribution in [0.4, 0.5) is 5.95 Å². The number of carbonyl (C=O) groups is 1. The van der Waals surface area contributed by atoms with Gasteiger partial charge in [-0.3, -0.25) is 14.6 Å². The van der Waals surface area contributed by atoms with Crippen molar-refractivity contribution in [2.24, 2.45) is 11.8 Å². The molecule has 1 saturated carbocycles. The lowest BCUT2D eigenvalue weighted by Crippen LogP contribution is -2.49. The van der Waals surface area contributed by atoms with Crippen LogP contribution < -0.4 is 15.8 Å². The lowest BCUT2D eigenvalue weighted by atomic mass is 9.78. The molecule has 1 saturated heterocycles. The average molecular weight is 346 g/mol. The standard InChI is InChI=1S/C19H30N4O2/c1-13-6-3-4-7-15(13)11-18(25)21-16-8-5-9-23(12-16)19-20-14(2)10-17(24)22-19/h10,13,15-16H,3-9,11-12H2,1-2H3,(H,21,25)(H,20,22,24). The first-order valence-corrected chi connectivity index (χ1v) is 9.63. The van der Waals surface area contributed by atoms with E-state index in [4.69, 9.17) is 0 Å². The number of carbonyl (C=O) groups excluding carboxylic acids is 1. The van der Waals surface area contributed by atoms with Gasteiger partial charge in [0.2, 0.25) is 11.9 Å². The van der Waals surface area contributed by atoms with E-state index in [1.54, 1.807) is 0 Å². The minimum atomic E-state index is -0.125. The molecule has 3 atom stereocenters. The van der Waals surface area contributed by atoms with E-state index < -0.39 is 0 Å². The van der Waals surface area contributed by atoms with Crippen molar-refractivity contribution >= 4 is 11.9 Å². The van der Waals surface area contributed by atoms with E-state index in [0.29, 0.717) is 30.7 Å². The van der Waals surface area contributed by atoms with Gasteiger partial charge in [0.25, 0.3) is 5.56 Å². The summed E-state index contributed by atoms with van der Waals surface area (Å²) in [5.41, 5.74) is 0.594. The minimum Gasteiger partial charge on any atom is -0.352 e. The molecule has 2 N–H and O–H groups in total. The number of rotatable bonds is 4. The van der Waals surface area contributed by atoms with E-state index in [9.17, 15) is 9.59 Å². The van der Waals surface area contributed by atoms with Crippen molar-refractivity contribution in [2.75, 3.05) is 18.0 Å². The topological polar surface area (TPSA) is 78.1 Å². The number of hydrogen-bond acceptors (Lipinski definition) is 4. The van der Waals surface area contributed by atoms with Gasteiger partial charge in [-0.15, -0.1) is 0 Å². The number of aromatic nitrogens is 2. The van der Waals surface area contributed by atoms with Gasteiger partial charge in [-0.2, -0.15) is 0 Å². The fraction of sp³-hybridized carbons (Fsp3) is 0.737. The number of piperidine rings is 1. The predicted molar refractivity (Wildman–Crippen MR) is 98.7 cm³/mol. The summed E-state index contributed by atoms with van der Waals surface area (Å²) in [5.74, 6) is 1.98. The van der Waals surface area contributed by atoms with Gasteiger partial charge in [0.15, 0.2) is 0 Å². The number of anilines is 1. The summed E-state index contributed by atoms with van der Waals surface area (Å²) >= 11 is 0. The quantitative estimate of drug-likeness (QED) is 0.877. The fourth-order valence-electron chi connectivity index (χ4n) is 4.22. The second kappa shape index (κ2) is 8.02. The zero-order valence-corrected chi connectivity index (χ0v) is 15.4. The lowest BCUT2D eigenvalue weighted by Gasteiger charge is -2.34. The van der Waals surface area contributed by atoms with Gasteiger partial charge in [-0.1, -0.05) is 26.2 Å². The predicted octanol–water partition coefficient (Wildman–Crippen LogP) is 2.38. The molecule has 6 nitrogen and oxygen atoms in total. The first kappa shape index (κ1) is 18.0. The Bertz CT molecular complexity index is 657.